The monoisotopic (exact) mass is 286 g/mol. The first kappa shape index (κ1) is 14.0. The number of aromatic amines is 1. The summed E-state index contributed by atoms with van der Waals surface area (Å²) in [5.74, 6) is 0.950. The molecule has 0 spiro atoms. The van der Waals surface area contributed by atoms with Crippen LogP contribution in [0.15, 0.2) is 24.4 Å². The van der Waals surface area contributed by atoms with Gasteiger partial charge in [-0.05, 0) is 37.8 Å². The van der Waals surface area contributed by atoms with Gasteiger partial charge in [-0.3, -0.25) is 4.79 Å². The minimum Gasteiger partial charge on any atom is -0.497 e. The van der Waals surface area contributed by atoms with Gasteiger partial charge in [0.05, 0.1) is 12.7 Å². The van der Waals surface area contributed by atoms with Gasteiger partial charge < -0.3 is 14.6 Å². The van der Waals surface area contributed by atoms with Gasteiger partial charge in [-0.1, -0.05) is 6.92 Å². The lowest BCUT2D eigenvalue weighted by atomic mass is 9.99. The predicted octanol–water partition coefficient (Wildman–Crippen LogP) is 3.58. The van der Waals surface area contributed by atoms with Crippen molar-refractivity contribution in [2.45, 2.75) is 38.6 Å². The number of carbonyl (C=O) groups is 1. The average Bonchev–Trinajstić information content (AvgIpc) is 2.97. The lowest BCUT2D eigenvalue weighted by molar-refractivity contribution is 0.0610. The third kappa shape index (κ3) is 2.50. The number of amides is 1. The van der Waals surface area contributed by atoms with E-state index in [-0.39, 0.29) is 5.91 Å². The number of methoxy groups -OCH3 is 1. The predicted molar refractivity (Wildman–Crippen MR) is 83.8 cm³/mol. The number of nitrogens with zero attached hydrogens (tertiary/aromatic N) is 1. The zero-order chi connectivity index (χ0) is 14.8. The molecule has 2 heterocycles. The maximum atomic E-state index is 12.9. The molecule has 1 fully saturated rings. The number of nitrogens with one attached hydrogen (secondary N) is 1. The Bertz CT molecular complexity index is 647. The summed E-state index contributed by atoms with van der Waals surface area (Å²) in [6.45, 7) is 3.04. The number of hydrogen-bond acceptors (Lipinski definition) is 2. The standard InChI is InChI=1S/C17H22N2O2/c1-3-12-6-4-5-9-19(12)17(20)15-11-18-16-10-13(21-2)7-8-14(15)16/h7-8,10-12,18H,3-6,9H2,1-2H3. The van der Waals surface area contributed by atoms with Crippen molar-refractivity contribution < 1.29 is 9.53 Å². The zero-order valence-corrected chi connectivity index (χ0v) is 12.7. The molecule has 0 saturated carbocycles. The normalized spacial score (nSPS) is 19.0. The second-order valence-corrected chi connectivity index (χ2v) is 5.67. The number of benzene rings is 1. The highest BCUT2D eigenvalue weighted by atomic mass is 16.5. The number of rotatable bonds is 3. The summed E-state index contributed by atoms with van der Waals surface area (Å²) in [6, 6.07) is 6.18. The number of fused-ring (bicyclic) bond motifs is 1. The molecule has 112 valence electrons. The van der Waals surface area contributed by atoms with E-state index < -0.39 is 0 Å². The van der Waals surface area contributed by atoms with Crippen LogP contribution in [0, 0.1) is 0 Å². The molecule has 1 atom stereocenters. The summed E-state index contributed by atoms with van der Waals surface area (Å²) in [4.78, 5) is 18.1. The van der Waals surface area contributed by atoms with Gasteiger partial charge in [0.15, 0.2) is 0 Å². The highest BCUT2D eigenvalue weighted by Crippen LogP contribution is 2.27. The van der Waals surface area contributed by atoms with Gasteiger partial charge in [-0.15, -0.1) is 0 Å². The molecule has 1 unspecified atom stereocenters. The molecule has 0 bridgehead atoms. The molecule has 1 aliphatic heterocycles. The van der Waals surface area contributed by atoms with E-state index in [1.165, 1.54) is 6.42 Å². The second-order valence-electron chi connectivity index (χ2n) is 5.67. The molecule has 0 aliphatic carbocycles. The molecular formula is C17H22N2O2. The number of ether oxygens (including phenoxy) is 1. The first-order valence-corrected chi connectivity index (χ1v) is 7.70. The summed E-state index contributed by atoms with van der Waals surface area (Å²) in [6.07, 6.45) is 6.32. The van der Waals surface area contributed by atoms with Gasteiger partial charge in [-0.2, -0.15) is 0 Å². The maximum Gasteiger partial charge on any atom is 0.256 e. The molecular weight excluding hydrogens is 264 g/mol. The molecule has 1 aromatic heterocycles. The molecule has 1 saturated heterocycles. The summed E-state index contributed by atoms with van der Waals surface area (Å²) in [7, 11) is 1.65. The Morgan fingerprint density at radius 3 is 3.05 bits per heavy atom. The van der Waals surface area contributed by atoms with Crippen LogP contribution >= 0.6 is 0 Å². The van der Waals surface area contributed by atoms with Crippen LogP contribution < -0.4 is 4.74 Å². The lowest BCUT2D eigenvalue weighted by Crippen LogP contribution is -2.43. The molecule has 1 aromatic carbocycles. The minimum absolute atomic E-state index is 0.151. The van der Waals surface area contributed by atoms with E-state index in [0.29, 0.717) is 6.04 Å². The quantitative estimate of drug-likeness (QED) is 0.937. The fourth-order valence-corrected chi connectivity index (χ4v) is 3.26. The molecule has 21 heavy (non-hydrogen) atoms. The number of likely N-dealkylation sites (tertiary alicyclic amines) is 1. The van der Waals surface area contributed by atoms with Crippen LogP contribution in [-0.2, 0) is 0 Å². The van der Waals surface area contributed by atoms with Gasteiger partial charge in [0, 0.05) is 35.8 Å². The number of piperidine rings is 1. The molecule has 4 heteroatoms. The van der Waals surface area contributed by atoms with E-state index in [4.69, 9.17) is 4.74 Å². The molecule has 0 radical (unpaired) electrons. The van der Waals surface area contributed by atoms with E-state index >= 15 is 0 Å². The summed E-state index contributed by atoms with van der Waals surface area (Å²) < 4.78 is 5.23. The highest BCUT2D eigenvalue weighted by molar-refractivity contribution is 6.07. The van der Waals surface area contributed by atoms with Crippen LogP contribution in [0.25, 0.3) is 10.9 Å². The molecule has 1 amide bonds. The van der Waals surface area contributed by atoms with E-state index in [9.17, 15) is 4.79 Å². The number of hydrogen-bond donors (Lipinski definition) is 1. The van der Waals surface area contributed by atoms with Gasteiger partial charge in [0.1, 0.15) is 5.75 Å². The van der Waals surface area contributed by atoms with Crippen molar-refractivity contribution in [3.63, 3.8) is 0 Å². The Labute approximate surface area is 125 Å². The Balaban J connectivity index is 1.94. The fourth-order valence-electron chi connectivity index (χ4n) is 3.26. The van der Waals surface area contributed by atoms with Crippen LogP contribution in [0.5, 0.6) is 5.75 Å². The maximum absolute atomic E-state index is 12.9. The average molecular weight is 286 g/mol. The Kier molecular flexibility index (Phi) is 3.86. The summed E-state index contributed by atoms with van der Waals surface area (Å²) in [5, 5.41) is 0.973. The van der Waals surface area contributed by atoms with E-state index in [1.807, 2.05) is 24.4 Å². The smallest absolute Gasteiger partial charge is 0.256 e. The highest BCUT2D eigenvalue weighted by Gasteiger charge is 2.27. The number of carbonyl (C=O) groups excluding carboxylic acids is 1. The van der Waals surface area contributed by atoms with Gasteiger partial charge in [-0.25, -0.2) is 0 Å². The molecule has 1 N–H and O–H groups in total. The molecule has 1 aliphatic rings. The molecule has 4 nitrogen and oxygen atoms in total. The van der Waals surface area contributed by atoms with Crippen molar-refractivity contribution in [2.75, 3.05) is 13.7 Å². The topological polar surface area (TPSA) is 45.3 Å². The molecule has 3 rings (SSSR count). The molecule has 2 aromatic rings. The minimum atomic E-state index is 0.151. The van der Waals surface area contributed by atoms with Crippen LogP contribution in [0.4, 0.5) is 0 Å². The van der Waals surface area contributed by atoms with Crippen molar-refractivity contribution in [2.24, 2.45) is 0 Å². The summed E-state index contributed by atoms with van der Waals surface area (Å²) >= 11 is 0. The second kappa shape index (κ2) is 5.80. The first-order valence-electron chi connectivity index (χ1n) is 7.70. The first-order chi connectivity index (χ1) is 10.2. The van der Waals surface area contributed by atoms with Crippen molar-refractivity contribution in [3.05, 3.63) is 30.0 Å². The van der Waals surface area contributed by atoms with Crippen molar-refractivity contribution >= 4 is 16.8 Å². The largest absolute Gasteiger partial charge is 0.497 e. The van der Waals surface area contributed by atoms with Crippen molar-refractivity contribution in [1.29, 1.82) is 0 Å². The summed E-state index contributed by atoms with van der Waals surface area (Å²) in [5.41, 5.74) is 1.72. The van der Waals surface area contributed by atoms with Crippen LogP contribution in [0.2, 0.25) is 0 Å². The Hall–Kier alpha value is -1.97. The van der Waals surface area contributed by atoms with Crippen LogP contribution in [0.1, 0.15) is 43.0 Å². The van der Waals surface area contributed by atoms with Gasteiger partial charge in [0.25, 0.3) is 5.91 Å². The van der Waals surface area contributed by atoms with Crippen molar-refractivity contribution in [1.82, 2.24) is 9.88 Å². The third-order valence-corrected chi connectivity index (χ3v) is 4.48. The fraction of sp³-hybridized carbons (Fsp3) is 0.471. The number of H-pyrrole nitrogens is 1. The van der Waals surface area contributed by atoms with Crippen LogP contribution in [0.3, 0.4) is 0 Å². The van der Waals surface area contributed by atoms with E-state index in [0.717, 1.165) is 48.0 Å². The third-order valence-electron chi connectivity index (χ3n) is 4.48. The zero-order valence-electron chi connectivity index (χ0n) is 12.7. The van der Waals surface area contributed by atoms with E-state index in [1.54, 1.807) is 7.11 Å². The van der Waals surface area contributed by atoms with E-state index in [2.05, 4.69) is 16.8 Å². The Morgan fingerprint density at radius 2 is 2.29 bits per heavy atom. The number of aromatic nitrogens is 1. The Morgan fingerprint density at radius 1 is 1.43 bits per heavy atom. The lowest BCUT2D eigenvalue weighted by Gasteiger charge is -2.35. The SMILES string of the molecule is CCC1CCCCN1C(=O)c1c[nH]c2cc(OC)ccc12. The van der Waals surface area contributed by atoms with Gasteiger partial charge >= 0.3 is 0 Å². The van der Waals surface area contributed by atoms with Gasteiger partial charge in [0.2, 0.25) is 0 Å². The van der Waals surface area contributed by atoms with Crippen molar-refractivity contribution in [3.8, 4) is 5.75 Å². The van der Waals surface area contributed by atoms with Crippen LogP contribution in [-0.4, -0.2) is 35.5 Å².